The van der Waals surface area contributed by atoms with Gasteiger partial charge in [-0.2, -0.15) is 0 Å². The Hall–Kier alpha value is -3.02. The molecule has 4 aromatic rings. The Morgan fingerprint density at radius 1 is 0.862 bits per heavy atom. The summed E-state index contributed by atoms with van der Waals surface area (Å²) in [7, 11) is 1.70. The van der Waals surface area contributed by atoms with Gasteiger partial charge in [0.1, 0.15) is 5.75 Å². The van der Waals surface area contributed by atoms with Crippen molar-refractivity contribution in [1.82, 2.24) is 0 Å². The van der Waals surface area contributed by atoms with Crippen LogP contribution in [-0.2, 0) is 6.42 Å². The average molecular weight is 397 g/mol. The first kappa shape index (κ1) is 19.3. The van der Waals surface area contributed by atoms with Crippen molar-refractivity contribution in [3.05, 3.63) is 88.3 Å². The molecule has 144 valence electrons. The number of methoxy groups -OCH3 is 1. The third-order valence-electron chi connectivity index (χ3n) is 5.18. The number of rotatable bonds is 4. The summed E-state index contributed by atoms with van der Waals surface area (Å²) in [5, 5.41) is 1.25. The third kappa shape index (κ3) is 4.21. The molecule has 0 unspecified atom stereocenters. The van der Waals surface area contributed by atoms with E-state index < -0.39 is 0 Å². The average Bonchev–Trinajstić information content (AvgIpc) is 3.08. The van der Waals surface area contributed by atoms with Crippen LogP contribution in [0, 0.1) is 18.8 Å². The molecule has 1 nitrogen and oxygen atoms in total. The molecule has 0 spiro atoms. The summed E-state index contributed by atoms with van der Waals surface area (Å²) in [6.07, 6.45) is 2.32. The highest BCUT2D eigenvalue weighted by molar-refractivity contribution is 7.19. The second-order valence-electron chi connectivity index (χ2n) is 7.19. The summed E-state index contributed by atoms with van der Waals surface area (Å²) < 4.78 is 6.55. The van der Waals surface area contributed by atoms with Gasteiger partial charge in [0.15, 0.2) is 0 Å². The SMILES string of the molecule is CCCc1ccc(-c2ccc(C#Cc3sc4cc(OC)ccc4c3C)cc2)cc1. The Morgan fingerprint density at radius 2 is 1.55 bits per heavy atom. The van der Waals surface area contributed by atoms with E-state index in [-0.39, 0.29) is 0 Å². The van der Waals surface area contributed by atoms with E-state index in [1.165, 1.54) is 38.8 Å². The summed E-state index contributed by atoms with van der Waals surface area (Å²) in [5.74, 6) is 7.58. The standard InChI is InChI=1S/C27H24OS/c1-4-5-20-6-11-22(12-7-20)23-13-8-21(9-14-23)10-17-26-19(2)25-16-15-24(28-3)18-27(25)29-26/h6-9,11-16,18H,4-5H2,1-3H3. The molecule has 3 aromatic carbocycles. The van der Waals surface area contributed by atoms with Gasteiger partial charge in [-0.1, -0.05) is 61.6 Å². The summed E-state index contributed by atoms with van der Waals surface area (Å²) in [4.78, 5) is 1.11. The molecule has 0 saturated carbocycles. The molecule has 0 radical (unpaired) electrons. The number of hydrogen-bond donors (Lipinski definition) is 0. The minimum absolute atomic E-state index is 0.886. The lowest BCUT2D eigenvalue weighted by atomic mass is 10.0. The Labute approximate surface area is 177 Å². The van der Waals surface area contributed by atoms with Crippen molar-refractivity contribution in [2.45, 2.75) is 26.7 Å². The molecule has 0 aliphatic rings. The molecule has 29 heavy (non-hydrogen) atoms. The smallest absolute Gasteiger partial charge is 0.120 e. The molecule has 4 rings (SSSR count). The number of fused-ring (bicyclic) bond motifs is 1. The van der Waals surface area contributed by atoms with Crippen LogP contribution >= 0.6 is 11.3 Å². The van der Waals surface area contributed by atoms with Crippen LogP contribution in [0.25, 0.3) is 21.2 Å². The van der Waals surface area contributed by atoms with E-state index in [1.54, 1.807) is 18.4 Å². The lowest BCUT2D eigenvalue weighted by molar-refractivity contribution is 0.415. The van der Waals surface area contributed by atoms with Gasteiger partial charge in [0, 0.05) is 10.3 Å². The Morgan fingerprint density at radius 3 is 2.21 bits per heavy atom. The number of hydrogen-bond acceptors (Lipinski definition) is 2. The number of thiophene rings is 1. The van der Waals surface area contributed by atoms with Gasteiger partial charge in [-0.15, -0.1) is 11.3 Å². The number of ether oxygens (including phenoxy) is 1. The maximum Gasteiger partial charge on any atom is 0.120 e. The summed E-state index contributed by atoms with van der Waals surface area (Å²) >= 11 is 1.72. The molecular weight excluding hydrogens is 372 g/mol. The molecular formula is C27H24OS. The van der Waals surface area contributed by atoms with Crippen LogP contribution in [0.2, 0.25) is 0 Å². The third-order valence-corrected chi connectivity index (χ3v) is 6.35. The van der Waals surface area contributed by atoms with E-state index >= 15 is 0 Å². The van der Waals surface area contributed by atoms with Gasteiger partial charge in [-0.05, 0) is 71.3 Å². The van der Waals surface area contributed by atoms with E-state index in [9.17, 15) is 0 Å². The molecule has 2 heteroatoms. The van der Waals surface area contributed by atoms with Gasteiger partial charge in [0.2, 0.25) is 0 Å². The lowest BCUT2D eigenvalue weighted by Gasteiger charge is -2.04. The molecule has 0 aliphatic carbocycles. The predicted molar refractivity (Wildman–Crippen MR) is 125 cm³/mol. The van der Waals surface area contributed by atoms with Crippen LogP contribution in [0.3, 0.4) is 0 Å². The second kappa shape index (κ2) is 8.55. The quantitative estimate of drug-likeness (QED) is 0.330. The van der Waals surface area contributed by atoms with E-state index in [0.29, 0.717) is 0 Å². The Kier molecular flexibility index (Phi) is 5.69. The minimum Gasteiger partial charge on any atom is -0.497 e. The van der Waals surface area contributed by atoms with Crippen molar-refractivity contribution >= 4 is 21.4 Å². The van der Waals surface area contributed by atoms with Crippen LogP contribution < -0.4 is 4.74 Å². The summed E-state index contributed by atoms with van der Waals surface area (Å²) in [6, 6.07) is 23.6. The zero-order valence-electron chi connectivity index (χ0n) is 17.1. The molecule has 0 fully saturated rings. The van der Waals surface area contributed by atoms with Crippen LogP contribution in [0.5, 0.6) is 5.75 Å². The van der Waals surface area contributed by atoms with Gasteiger partial charge in [0.25, 0.3) is 0 Å². The Bertz CT molecular complexity index is 1190. The molecule has 0 N–H and O–H groups in total. The highest BCUT2D eigenvalue weighted by Crippen LogP contribution is 2.33. The Balaban J connectivity index is 1.56. The van der Waals surface area contributed by atoms with Gasteiger partial charge in [-0.25, -0.2) is 0 Å². The van der Waals surface area contributed by atoms with Crippen molar-refractivity contribution in [3.8, 4) is 28.7 Å². The fraction of sp³-hybridized carbons (Fsp3) is 0.185. The topological polar surface area (TPSA) is 9.23 Å². The predicted octanol–water partition coefficient (Wildman–Crippen LogP) is 7.24. The molecule has 1 aromatic heterocycles. The minimum atomic E-state index is 0.886. The first-order valence-electron chi connectivity index (χ1n) is 9.96. The fourth-order valence-corrected chi connectivity index (χ4v) is 4.57. The first-order chi connectivity index (χ1) is 14.2. The van der Waals surface area contributed by atoms with Gasteiger partial charge in [-0.3, -0.25) is 0 Å². The van der Waals surface area contributed by atoms with Crippen molar-refractivity contribution in [2.24, 2.45) is 0 Å². The van der Waals surface area contributed by atoms with Crippen molar-refractivity contribution in [3.63, 3.8) is 0 Å². The fourth-order valence-electron chi connectivity index (χ4n) is 3.48. The summed E-state index contributed by atoms with van der Waals surface area (Å²) in [6.45, 7) is 4.35. The molecule has 0 aliphatic heterocycles. The maximum atomic E-state index is 5.34. The van der Waals surface area contributed by atoms with Gasteiger partial charge >= 0.3 is 0 Å². The van der Waals surface area contributed by atoms with Crippen molar-refractivity contribution in [2.75, 3.05) is 7.11 Å². The molecule has 0 bridgehead atoms. The maximum absolute atomic E-state index is 5.34. The van der Waals surface area contributed by atoms with Crippen molar-refractivity contribution in [1.29, 1.82) is 0 Å². The van der Waals surface area contributed by atoms with Gasteiger partial charge < -0.3 is 4.74 Å². The van der Waals surface area contributed by atoms with Crippen LogP contribution in [0.15, 0.2) is 66.7 Å². The zero-order valence-corrected chi connectivity index (χ0v) is 17.9. The lowest BCUT2D eigenvalue weighted by Crippen LogP contribution is -1.84. The van der Waals surface area contributed by atoms with E-state index in [2.05, 4.69) is 86.4 Å². The molecule has 0 atom stereocenters. The van der Waals surface area contributed by atoms with Crippen molar-refractivity contribution < 1.29 is 4.74 Å². The van der Waals surface area contributed by atoms with Crippen LogP contribution in [0.1, 0.15) is 34.9 Å². The summed E-state index contributed by atoms with van der Waals surface area (Å²) in [5.41, 5.74) is 6.15. The van der Waals surface area contributed by atoms with Crippen LogP contribution in [-0.4, -0.2) is 7.11 Å². The second-order valence-corrected chi connectivity index (χ2v) is 8.24. The molecule has 0 saturated heterocycles. The number of aryl methyl sites for hydroxylation is 2. The number of benzene rings is 3. The highest BCUT2D eigenvalue weighted by atomic mass is 32.1. The zero-order chi connectivity index (χ0) is 20.2. The van der Waals surface area contributed by atoms with E-state index in [1.807, 2.05) is 6.07 Å². The van der Waals surface area contributed by atoms with E-state index in [0.717, 1.165) is 22.6 Å². The van der Waals surface area contributed by atoms with E-state index in [4.69, 9.17) is 4.74 Å². The first-order valence-corrected chi connectivity index (χ1v) is 10.8. The molecule has 0 amide bonds. The monoisotopic (exact) mass is 396 g/mol. The molecule has 1 heterocycles. The van der Waals surface area contributed by atoms with Crippen LogP contribution in [0.4, 0.5) is 0 Å². The van der Waals surface area contributed by atoms with Gasteiger partial charge in [0.05, 0.1) is 12.0 Å². The highest BCUT2D eigenvalue weighted by Gasteiger charge is 2.07. The largest absolute Gasteiger partial charge is 0.497 e. The normalized spacial score (nSPS) is 10.6.